The minimum Gasteiger partial charge on any atom is -0.389 e. The van der Waals surface area contributed by atoms with Crippen molar-refractivity contribution >= 4 is 27.9 Å². The van der Waals surface area contributed by atoms with Crippen LogP contribution in [0.15, 0.2) is 34.8 Å². The number of nitrogens with zero attached hydrogens (tertiary/aromatic N) is 1. The van der Waals surface area contributed by atoms with E-state index in [4.69, 9.17) is 0 Å². The van der Waals surface area contributed by atoms with Gasteiger partial charge in [0.15, 0.2) is 0 Å². The Morgan fingerprint density at radius 3 is 2.44 bits per heavy atom. The minimum absolute atomic E-state index is 0.125. The first-order valence-corrected chi connectivity index (χ1v) is 6.48. The lowest BCUT2D eigenvalue weighted by atomic mass is 10.1. The second-order valence-corrected chi connectivity index (χ2v) is 5.81. The predicted octanol–water partition coefficient (Wildman–Crippen LogP) is 2.69. The number of likely N-dealkylation sites (N-methyl/N-ethyl adjacent to an activating group) is 1. The van der Waals surface area contributed by atoms with E-state index in [1.54, 1.807) is 27.0 Å². The van der Waals surface area contributed by atoms with Crippen molar-refractivity contribution in [2.45, 2.75) is 19.4 Å². The van der Waals surface area contributed by atoms with E-state index >= 15 is 0 Å². The molecule has 0 spiro atoms. The molecule has 18 heavy (non-hydrogen) atoms. The van der Waals surface area contributed by atoms with Gasteiger partial charge in [0.2, 0.25) is 5.91 Å². The maximum Gasteiger partial charge on any atom is 0.246 e. The van der Waals surface area contributed by atoms with Gasteiger partial charge in [-0.3, -0.25) is 4.79 Å². The van der Waals surface area contributed by atoms with Crippen LogP contribution in [0, 0.1) is 0 Å². The maximum absolute atomic E-state index is 11.8. The van der Waals surface area contributed by atoms with Gasteiger partial charge < -0.3 is 10.0 Å². The van der Waals surface area contributed by atoms with Gasteiger partial charge >= 0.3 is 0 Å². The fraction of sp³-hybridized carbons (Fsp3) is 0.357. The highest BCUT2D eigenvalue weighted by atomic mass is 79.9. The largest absolute Gasteiger partial charge is 0.389 e. The monoisotopic (exact) mass is 311 g/mol. The first-order chi connectivity index (χ1) is 8.28. The Morgan fingerprint density at radius 1 is 1.39 bits per heavy atom. The van der Waals surface area contributed by atoms with Crippen molar-refractivity contribution in [3.05, 3.63) is 40.4 Å². The fourth-order valence-corrected chi connectivity index (χ4v) is 1.79. The molecule has 0 unspecified atom stereocenters. The van der Waals surface area contributed by atoms with Gasteiger partial charge in [-0.1, -0.05) is 28.1 Å². The van der Waals surface area contributed by atoms with Crippen molar-refractivity contribution in [2.24, 2.45) is 0 Å². The Hall–Kier alpha value is -1.13. The summed E-state index contributed by atoms with van der Waals surface area (Å²) in [5.74, 6) is -0.125. The van der Waals surface area contributed by atoms with Gasteiger partial charge in [-0.2, -0.15) is 0 Å². The second-order valence-electron chi connectivity index (χ2n) is 4.89. The zero-order chi connectivity index (χ0) is 13.8. The molecule has 0 atom stereocenters. The molecule has 0 heterocycles. The lowest BCUT2D eigenvalue weighted by Gasteiger charge is -2.24. The number of hydrogen-bond acceptors (Lipinski definition) is 2. The quantitative estimate of drug-likeness (QED) is 0.869. The molecular formula is C14H18BrNO2. The Bertz CT molecular complexity index is 432. The molecule has 0 saturated carbocycles. The highest BCUT2D eigenvalue weighted by molar-refractivity contribution is 9.10. The molecule has 3 nitrogen and oxygen atoms in total. The third-order valence-electron chi connectivity index (χ3n) is 2.29. The molecule has 1 amide bonds. The van der Waals surface area contributed by atoms with Crippen LogP contribution >= 0.6 is 15.9 Å². The lowest BCUT2D eigenvalue weighted by Crippen LogP contribution is -2.38. The molecule has 0 bridgehead atoms. The molecule has 1 aromatic carbocycles. The number of aliphatic hydroxyl groups is 1. The van der Waals surface area contributed by atoms with Crippen LogP contribution in [0.5, 0.6) is 0 Å². The van der Waals surface area contributed by atoms with Gasteiger partial charge in [-0.25, -0.2) is 0 Å². The Labute approximate surface area is 116 Å². The van der Waals surface area contributed by atoms with Crippen LogP contribution in [-0.4, -0.2) is 35.1 Å². The average molecular weight is 312 g/mol. The zero-order valence-corrected chi connectivity index (χ0v) is 12.4. The number of rotatable bonds is 4. The summed E-state index contributed by atoms with van der Waals surface area (Å²) in [7, 11) is 1.67. The van der Waals surface area contributed by atoms with Gasteiger partial charge in [-0.05, 0) is 37.6 Å². The third-order valence-corrected chi connectivity index (χ3v) is 2.82. The number of hydrogen-bond donors (Lipinski definition) is 1. The molecule has 0 aliphatic heterocycles. The molecule has 0 saturated heterocycles. The molecule has 98 valence electrons. The molecule has 1 aromatic rings. The van der Waals surface area contributed by atoms with Gasteiger partial charge in [0.1, 0.15) is 0 Å². The van der Waals surface area contributed by atoms with Crippen molar-refractivity contribution < 1.29 is 9.90 Å². The van der Waals surface area contributed by atoms with Gasteiger partial charge in [0.25, 0.3) is 0 Å². The molecule has 0 aromatic heterocycles. The standard InChI is InChI=1S/C14H18BrNO2/c1-14(2,18)10-16(3)13(17)9-6-11-4-7-12(15)8-5-11/h4-9,18H,10H2,1-3H3. The fourth-order valence-electron chi connectivity index (χ4n) is 1.53. The summed E-state index contributed by atoms with van der Waals surface area (Å²) >= 11 is 3.35. The smallest absolute Gasteiger partial charge is 0.246 e. The summed E-state index contributed by atoms with van der Waals surface area (Å²) in [6, 6.07) is 7.68. The number of amides is 1. The van der Waals surface area contributed by atoms with Crippen molar-refractivity contribution in [1.82, 2.24) is 4.90 Å². The summed E-state index contributed by atoms with van der Waals surface area (Å²) in [5, 5.41) is 9.63. The lowest BCUT2D eigenvalue weighted by molar-refractivity contribution is -0.127. The maximum atomic E-state index is 11.8. The van der Waals surface area contributed by atoms with Crippen molar-refractivity contribution in [3.63, 3.8) is 0 Å². The Balaban J connectivity index is 2.61. The van der Waals surface area contributed by atoms with Crippen molar-refractivity contribution in [3.8, 4) is 0 Å². The van der Waals surface area contributed by atoms with Gasteiger partial charge in [0.05, 0.1) is 5.60 Å². The van der Waals surface area contributed by atoms with E-state index in [2.05, 4.69) is 15.9 Å². The van der Waals surface area contributed by atoms with E-state index in [1.165, 1.54) is 11.0 Å². The molecule has 0 aliphatic carbocycles. The molecular weight excluding hydrogens is 294 g/mol. The van der Waals surface area contributed by atoms with Crippen LogP contribution in [0.2, 0.25) is 0 Å². The topological polar surface area (TPSA) is 40.5 Å². The summed E-state index contributed by atoms with van der Waals surface area (Å²) in [5.41, 5.74) is 0.0822. The van der Waals surface area contributed by atoms with Crippen LogP contribution in [0.4, 0.5) is 0 Å². The first-order valence-electron chi connectivity index (χ1n) is 5.69. The molecule has 0 radical (unpaired) electrons. The average Bonchev–Trinajstić information content (AvgIpc) is 2.25. The van der Waals surface area contributed by atoms with Crippen LogP contribution in [0.25, 0.3) is 6.08 Å². The van der Waals surface area contributed by atoms with Crippen molar-refractivity contribution in [2.75, 3.05) is 13.6 Å². The summed E-state index contributed by atoms with van der Waals surface area (Å²) in [6.45, 7) is 3.65. The minimum atomic E-state index is -0.879. The number of halogens is 1. The SMILES string of the molecule is CN(CC(C)(C)O)C(=O)C=Cc1ccc(Br)cc1. The number of carbonyl (C=O) groups is 1. The van der Waals surface area contributed by atoms with Crippen LogP contribution in [0.1, 0.15) is 19.4 Å². The highest BCUT2D eigenvalue weighted by Gasteiger charge is 2.17. The highest BCUT2D eigenvalue weighted by Crippen LogP contribution is 2.11. The van der Waals surface area contributed by atoms with E-state index in [1.807, 2.05) is 24.3 Å². The summed E-state index contributed by atoms with van der Waals surface area (Å²) in [6.07, 6.45) is 3.27. The van der Waals surface area contributed by atoms with Gasteiger partial charge in [-0.15, -0.1) is 0 Å². The second kappa shape index (κ2) is 6.16. The summed E-state index contributed by atoms with van der Waals surface area (Å²) in [4.78, 5) is 13.3. The normalized spacial score (nSPS) is 11.8. The molecule has 1 rings (SSSR count). The predicted molar refractivity (Wildman–Crippen MR) is 77.1 cm³/mol. The number of carbonyl (C=O) groups excluding carboxylic acids is 1. The number of benzene rings is 1. The molecule has 0 aliphatic rings. The Kier molecular flexibility index (Phi) is 5.11. The molecule has 0 fully saturated rings. The third kappa shape index (κ3) is 5.47. The first kappa shape index (κ1) is 14.9. The van der Waals surface area contributed by atoms with E-state index in [9.17, 15) is 9.90 Å². The van der Waals surface area contributed by atoms with E-state index in [0.29, 0.717) is 6.54 Å². The van der Waals surface area contributed by atoms with Crippen LogP contribution in [-0.2, 0) is 4.79 Å². The van der Waals surface area contributed by atoms with Crippen LogP contribution < -0.4 is 0 Å². The van der Waals surface area contributed by atoms with Crippen LogP contribution in [0.3, 0.4) is 0 Å². The van der Waals surface area contributed by atoms with Gasteiger partial charge in [0, 0.05) is 24.1 Å². The van der Waals surface area contributed by atoms with E-state index < -0.39 is 5.60 Å². The Morgan fingerprint density at radius 2 is 1.94 bits per heavy atom. The summed E-state index contributed by atoms with van der Waals surface area (Å²) < 4.78 is 1.00. The molecule has 1 N–H and O–H groups in total. The van der Waals surface area contributed by atoms with E-state index in [-0.39, 0.29) is 5.91 Å². The van der Waals surface area contributed by atoms with Crippen molar-refractivity contribution in [1.29, 1.82) is 0 Å². The molecule has 4 heteroatoms. The zero-order valence-electron chi connectivity index (χ0n) is 10.9. The van der Waals surface area contributed by atoms with E-state index in [0.717, 1.165) is 10.0 Å².